The minimum absolute atomic E-state index is 0.528. The number of thioether (sulfide) groups is 1. The molecule has 0 fully saturated rings. The highest BCUT2D eigenvalue weighted by molar-refractivity contribution is 8.00. The fourth-order valence-corrected chi connectivity index (χ4v) is 1.68. The van der Waals surface area contributed by atoms with Gasteiger partial charge in [-0.05, 0) is 19.1 Å². The number of allylic oxidation sites excluding steroid dienone is 1. The first kappa shape index (κ1) is 10.6. The fourth-order valence-electron chi connectivity index (χ4n) is 0.931. The zero-order chi connectivity index (χ0) is 8.91. The summed E-state index contributed by atoms with van der Waals surface area (Å²) in [4.78, 5) is 10.8. The third-order valence-corrected chi connectivity index (χ3v) is 3.24. The minimum Gasteiger partial charge on any atom is -0.480 e. The van der Waals surface area contributed by atoms with Crippen LogP contribution in [0.1, 0.15) is 19.8 Å². The Morgan fingerprint density at radius 3 is 2.45 bits per heavy atom. The molecule has 11 heavy (non-hydrogen) atoms. The molecule has 1 unspecified atom stereocenters. The summed E-state index contributed by atoms with van der Waals surface area (Å²) >= 11 is 1.38. The third kappa shape index (κ3) is 2.26. The summed E-state index contributed by atoms with van der Waals surface area (Å²) in [7, 11) is 0. The quantitative estimate of drug-likeness (QED) is 0.649. The van der Waals surface area contributed by atoms with Crippen molar-refractivity contribution in [2.45, 2.75) is 24.5 Å². The van der Waals surface area contributed by atoms with Gasteiger partial charge >= 0.3 is 5.97 Å². The van der Waals surface area contributed by atoms with Gasteiger partial charge in [-0.3, -0.25) is 4.79 Å². The predicted molar refractivity (Wildman–Crippen MR) is 49.0 cm³/mol. The number of carbonyl (C=O) groups is 1. The van der Waals surface area contributed by atoms with E-state index in [1.165, 1.54) is 11.8 Å². The van der Waals surface area contributed by atoms with E-state index in [2.05, 4.69) is 6.58 Å². The van der Waals surface area contributed by atoms with E-state index in [9.17, 15) is 4.79 Å². The Kier molecular flexibility index (Phi) is 4.26. The number of rotatable bonds is 5. The molecule has 0 aromatic rings. The Hall–Kier alpha value is -0.440. The molecule has 0 aliphatic carbocycles. The lowest BCUT2D eigenvalue weighted by molar-refractivity contribution is -0.139. The molecule has 0 amide bonds. The van der Waals surface area contributed by atoms with Crippen LogP contribution < -0.4 is 0 Å². The molecular weight excluding hydrogens is 160 g/mol. The average molecular weight is 174 g/mol. The number of hydrogen-bond donors (Lipinski definition) is 1. The third-order valence-electron chi connectivity index (χ3n) is 1.83. The molecule has 0 saturated carbocycles. The maximum atomic E-state index is 10.8. The smallest absolute Gasteiger partial charge is 0.320 e. The highest BCUT2D eigenvalue weighted by Gasteiger charge is 2.34. The van der Waals surface area contributed by atoms with Gasteiger partial charge in [-0.2, -0.15) is 0 Å². The standard InChI is InChI=1S/C8H14O2S/c1-4-6-8(5-2,11-3)7(9)10/h4H,1,5-6H2,2-3H3,(H,9,10). The van der Waals surface area contributed by atoms with Crippen molar-refractivity contribution < 1.29 is 9.90 Å². The van der Waals surface area contributed by atoms with Crippen molar-refractivity contribution in [1.82, 2.24) is 0 Å². The van der Waals surface area contributed by atoms with Crippen LogP contribution in [-0.2, 0) is 4.79 Å². The normalized spacial score (nSPS) is 15.5. The summed E-state index contributed by atoms with van der Waals surface area (Å²) in [5.41, 5.74) is 0. The van der Waals surface area contributed by atoms with E-state index < -0.39 is 10.7 Å². The molecule has 0 aliphatic heterocycles. The Bertz CT molecular complexity index is 150. The van der Waals surface area contributed by atoms with Crippen LogP contribution in [0.2, 0.25) is 0 Å². The molecule has 0 aliphatic rings. The van der Waals surface area contributed by atoms with Crippen molar-refractivity contribution in [2.24, 2.45) is 0 Å². The van der Waals surface area contributed by atoms with Gasteiger partial charge in [-0.1, -0.05) is 13.0 Å². The fraction of sp³-hybridized carbons (Fsp3) is 0.625. The Morgan fingerprint density at radius 1 is 1.82 bits per heavy atom. The second-order valence-electron chi connectivity index (χ2n) is 2.35. The highest BCUT2D eigenvalue weighted by Crippen LogP contribution is 2.30. The van der Waals surface area contributed by atoms with Gasteiger partial charge in [-0.25, -0.2) is 0 Å². The van der Waals surface area contributed by atoms with Gasteiger partial charge < -0.3 is 5.11 Å². The largest absolute Gasteiger partial charge is 0.480 e. The van der Waals surface area contributed by atoms with E-state index in [4.69, 9.17) is 5.11 Å². The monoisotopic (exact) mass is 174 g/mol. The molecule has 0 heterocycles. The van der Waals surface area contributed by atoms with Crippen LogP contribution in [0.4, 0.5) is 0 Å². The van der Waals surface area contributed by atoms with Gasteiger partial charge in [0.2, 0.25) is 0 Å². The lowest BCUT2D eigenvalue weighted by Gasteiger charge is -2.23. The SMILES string of the molecule is C=CCC(CC)(SC)C(=O)O. The second kappa shape index (κ2) is 4.44. The van der Waals surface area contributed by atoms with E-state index in [-0.39, 0.29) is 0 Å². The average Bonchev–Trinajstić information content (AvgIpc) is 2.00. The van der Waals surface area contributed by atoms with Crippen LogP contribution in [0.3, 0.4) is 0 Å². The molecule has 1 N–H and O–H groups in total. The van der Waals surface area contributed by atoms with Crippen molar-refractivity contribution in [3.8, 4) is 0 Å². The molecule has 0 aromatic carbocycles. The van der Waals surface area contributed by atoms with E-state index in [1.54, 1.807) is 6.08 Å². The maximum Gasteiger partial charge on any atom is 0.320 e. The zero-order valence-corrected chi connectivity index (χ0v) is 7.78. The molecule has 1 atom stereocenters. The van der Waals surface area contributed by atoms with E-state index >= 15 is 0 Å². The lowest BCUT2D eigenvalue weighted by Crippen LogP contribution is -2.33. The maximum absolute atomic E-state index is 10.8. The van der Waals surface area contributed by atoms with Gasteiger partial charge in [-0.15, -0.1) is 18.3 Å². The minimum atomic E-state index is -0.743. The topological polar surface area (TPSA) is 37.3 Å². The van der Waals surface area contributed by atoms with Gasteiger partial charge in [0.25, 0.3) is 0 Å². The van der Waals surface area contributed by atoms with Gasteiger partial charge in [0, 0.05) is 0 Å². The summed E-state index contributed by atoms with van der Waals surface area (Å²) in [6, 6.07) is 0. The number of aliphatic carboxylic acids is 1. The Balaban J connectivity index is 4.45. The van der Waals surface area contributed by atoms with Gasteiger partial charge in [0.05, 0.1) is 0 Å². The van der Waals surface area contributed by atoms with Crippen molar-refractivity contribution in [1.29, 1.82) is 0 Å². The Labute approximate surface area is 71.7 Å². The predicted octanol–water partition coefficient (Wildman–Crippen LogP) is 2.16. The van der Waals surface area contributed by atoms with Crippen LogP contribution in [0, 0.1) is 0 Å². The van der Waals surface area contributed by atoms with Crippen LogP contribution >= 0.6 is 11.8 Å². The molecule has 0 bridgehead atoms. The lowest BCUT2D eigenvalue weighted by atomic mass is 10.0. The molecule has 0 radical (unpaired) electrons. The van der Waals surface area contributed by atoms with E-state index in [1.807, 2.05) is 13.2 Å². The summed E-state index contributed by atoms with van der Waals surface area (Å²) < 4.78 is -0.651. The van der Waals surface area contributed by atoms with Crippen molar-refractivity contribution in [2.75, 3.05) is 6.26 Å². The number of carboxylic acid groups (broad SMARTS) is 1. The van der Waals surface area contributed by atoms with Crippen LogP contribution in [0.25, 0.3) is 0 Å². The molecule has 0 saturated heterocycles. The number of hydrogen-bond acceptors (Lipinski definition) is 2. The van der Waals surface area contributed by atoms with E-state index in [0.717, 1.165) is 0 Å². The van der Waals surface area contributed by atoms with Crippen molar-refractivity contribution >= 4 is 17.7 Å². The zero-order valence-electron chi connectivity index (χ0n) is 6.96. The highest BCUT2D eigenvalue weighted by atomic mass is 32.2. The molecule has 0 aromatic heterocycles. The number of carboxylic acids is 1. The van der Waals surface area contributed by atoms with Gasteiger partial charge in [0.1, 0.15) is 4.75 Å². The summed E-state index contributed by atoms with van der Waals surface area (Å²) in [5, 5.41) is 8.89. The summed E-state index contributed by atoms with van der Waals surface area (Å²) in [6.45, 7) is 5.43. The first-order valence-corrected chi connectivity index (χ1v) is 4.75. The van der Waals surface area contributed by atoms with Crippen LogP contribution in [0.15, 0.2) is 12.7 Å². The van der Waals surface area contributed by atoms with E-state index in [0.29, 0.717) is 12.8 Å². The molecule has 0 spiro atoms. The van der Waals surface area contributed by atoms with Crippen LogP contribution in [0.5, 0.6) is 0 Å². The Morgan fingerprint density at radius 2 is 2.36 bits per heavy atom. The molecule has 64 valence electrons. The summed E-state index contributed by atoms with van der Waals surface area (Å²) in [6.07, 6.45) is 4.64. The molecule has 3 heteroatoms. The first-order chi connectivity index (χ1) is 5.13. The van der Waals surface area contributed by atoms with Crippen molar-refractivity contribution in [3.05, 3.63) is 12.7 Å². The molecule has 2 nitrogen and oxygen atoms in total. The molecule has 0 rings (SSSR count). The van der Waals surface area contributed by atoms with Crippen LogP contribution in [-0.4, -0.2) is 22.1 Å². The summed E-state index contributed by atoms with van der Waals surface area (Å²) in [5.74, 6) is -0.743. The second-order valence-corrected chi connectivity index (χ2v) is 3.54. The molecular formula is C8H14O2S. The van der Waals surface area contributed by atoms with Gasteiger partial charge in [0.15, 0.2) is 0 Å². The van der Waals surface area contributed by atoms with Crippen molar-refractivity contribution in [3.63, 3.8) is 0 Å². The first-order valence-electron chi connectivity index (χ1n) is 3.52.